The fraction of sp³-hybridized carbons (Fsp3) is 0.556. The molecule has 2 heterocycles. The second-order valence-corrected chi connectivity index (χ2v) is 7.13. The largest absolute Gasteiger partial charge is 0.481 e. The molecule has 6 heteroatoms. The van der Waals surface area contributed by atoms with Crippen molar-refractivity contribution < 1.29 is 14.3 Å². The zero-order valence-electron chi connectivity index (χ0n) is 13.8. The van der Waals surface area contributed by atoms with Crippen molar-refractivity contribution in [1.82, 2.24) is 14.5 Å². The molecule has 4 rings (SSSR count). The number of imidazole rings is 1. The van der Waals surface area contributed by atoms with Crippen molar-refractivity contribution in [3.8, 4) is 0 Å². The maximum Gasteiger partial charge on any atom is 0.311 e. The van der Waals surface area contributed by atoms with Gasteiger partial charge in [-0.05, 0) is 37.8 Å². The van der Waals surface area contributed by atoms with Crippen LogP contribution in [0.25, 0.3) is 11.0 Å². The number of carboxylic acid groups (broad SMARTS) is 1. The van der Waals surface area contributed by atoms with Crippen LogP contribution in [-0.2, 0) is 17.9 Å². The highest BCUT2D eigenvalue weighted by Gasteiger charge is 2.54. The number of carboxylic acids is 1. The Morgan fingerprint density at radius 2 is 2.33 bits per heavy atom. The lowest BCUT2D eigenvalue weighted by molar-refractivity contribution is -0.149. The van der Waals surface area contributed by atoms with E-state index in [0.29, 0.717) is 18.6 Å². The molecule has 2 aromatic rings. The first-order valence-electron chi connectivity index (χ1n) is 8.64. The minimum absolute atomic E-state index is 0.242. The minimum atomic E-state index is -0.654. The first-order chi connectivity index (χ1) is 11.5. The fourth-order valence-electron chi connectivity index (χ4n) is 4.69. The van der Waals surface area contributed by atoms with Crippen LogP contribution in [-0.4, -0.2) is 38.6 Å². The summed E-state index contributed by atoms with van der Waals surface area (Å²) in [6.07, 6.45) is 2.79. The smallest absolute Gasteiger partial charge is 0.311 e. The molecule has 2 fully saturated rings. The Balaban J connectivity index is 1.62. The number of aliphatic carboxylic acids is 1. The molecule has 1 aliphatic heterocycles. The summed E-state index contributed by atoms with van der Waals surface area (Å²) >= 11 is 0. The Morgan fingerprint density at radius 3 is 3.04 bits per heavy atom. The van der Waals surface area contributed by atoms with Crippen molar-refractivity contribution in [3.05, 3.63) is 29.8 Å². The van der Waals surface area contributed by atoms with Crippen LogP contribution < -0.4 is 0 Å². The predicted molar refractivity (Wildman–Crippen MR) is 88.1 cm³/mol. The van der Waals surface area contributed by atoms with E-state index in [0.717, 1.165) is 43.7 Å². The molecule has 128 valence electrons. The lowest BCUT2D eigenvalue weighted by Crippen LogP contribution is -2.35. The Bertz CT molecular complexity index is 803. The second kappa shape index (κ2) is 5.55. The summed E-state index contributed by atoms with van der Waals surface area (Å²) in [6, 6.07) is 4.68. The van der Waals surface area contributed by atoms with Gasteiger partial charge in [-0.2, -0.15) is 0 Å². The van der Waals surface area contributed by atoms with Gasteiger partial charge in [0.25, 0.3) is 0 Å². The van der Waals surface area contributed by atoms with E-state index in [2.05, 4.69) is 14.5 Å². The molecule has 2 atom stereocenters. The van der Waals surface area contributed by atoms with Crippen molar-refractivity contribution in [2.45, 2.75) is 39.3 Å². The van der Waals surface area contributed by atoms with E-state index < -0.39 is 11.4 Å². The Labute approximate surface area is 140 Å². The van der Waals surface area contributed by atoms with E-state index in [4.69, 9.17) is 0 Å². The van der Waals surface area contributed by atoms with Gasteiger partial charge in [0.1, 0.15) is 11.6 Å². The third-order valence-corrected chi connectivity index (χ3v) is 5.84. The van der Waals surface area contributed by atoms with Gasteiger partial charge in [-0.3, -0.25) is 9.69 Å². The third kappa shape index (κ3) is 2.24. The minimum Gasteiger partial charge on any atom is -0.481 e. The average molecular weight is 331 g/mol. The summed E-state index contributed by atoms with van der Waals surface area (Å²) in [6.45, 7) is 4.84. The van der Waals surface area contributed by atoms with Gasteiger partial charge in [0, 0.05) is 25.7 Å². The first-order valence-corrected chi connectivity index (χ1v) is 8.64. The maximum absolute atomic E-state index is 13.5. The third-order valence-electron chi connectivity index (χ3n) is 5.84. The number of hydrogen-bond acceptors (Lipinski definition) is 3. The summed E-state index contributed by atoms with van der Waals surface area (Å²) in [4.78, 5) is 18.6. The SMILES string of the molecule is CCn1c(CN2C[C@@H]3CCC[C@@]3(C(=O)O)C2)nc2cc(F)ccc21. The fourth-order valence-corrected chi connectivity index (χ4v) is 4.69. The highest BCUT2D eigenvalue weighted by atomic mass is 19.1. The summed E-state index contributed by atoms with van der Waals surface area (Å²) in [7, 11) is 0. The summed E-state index contributed by atoms with van der Waals surface area (Å²) in [5.41, 5.74) is 1.02. The Kier molecular flexibility index (Phi) is 3.60. The predicted octanol–water partition coefficient (Wildman–Crippen LogP) is 2.88. The highest BCUT2D eigenvalue weighted by Crippen LogP contribution is 2.49. The van der Waals surface area contributed by atoms with Gasteiger partial charge in [-0.15, -0.1) is 0 Å². The zero-order chi connectivity index (χ0) is 16.9. The molecule has 1 aromatic carbocycles. The first kappa shape index (κ1) is 15.6. The highest BCUT2D eigenvalue weighted by molar-refractivity contribution is 5.77. The van der Waals surface area contributed by atoms with Crippen LogP contribution in [0, 0.1) is 17.2 Å². The summed E-state index contributed by atoms with van der Waals surface area (Å²) < 4.78 is 15.6. The second-order valence-electron chi connectivity index (χ2n) is 7.13. The van der Waals surface area contributed by atoms with Crippen LogP contribution in [0.5, 0.6) is 0 Å². The van der Waals surface area contributed by atoms with Crippen molar-refractivity contribution in [1.29, 1.82) is 0 Å². The normalized spacial score (nSPS) is 27.0. The van der Waals surface area contributed by atoms with Gasteiger partial charge < -0.3 is 9.67 Å². The lowest BCUT2D eigenvalue weighted by Gasteiger charge is -2.23. The summed E-state index contributed by atoms with van der Waals surface area (Å²) in [5.74, 6) is 0.194. The van der Waals surface area contributed by atoms with Gasteiger partial charge in [0.05, 0.1) is 23.0 Å². The van der Waals surface area contributed by atoms with Crippen molar-refractivity contribution >= 4 is 17.0 Å². The quantitative estimate of drug-likeness (QED) is 0.936. The standard InChI is InChI=1S/C18H22FN3O2/c1-2-22-15-6-5-13(19)8-14(15)20-16(22)10-21-9-12-4-3-7-18(12,11-21)17(23)24/h5-6,8,12H,2-4,7,9-11H2,1H3,(H,23,24)/t12-,18+/m0/s1. The molecule has 24 heavy (non-hydrogen) atoms. The molecule has 0 radical (unpaired) electrons. The van der Waals surface area contributed by atoms with E-state index in [9.17, 15) is 14.3 Å². The van der Waals surface area contributed by atoms with Crippen LogP contribution in [0.4, 0.5) is 4.39 Å². The molecule has 0 spiro atoms. The molecule has 0 unspecified atom stereocenters. The van der Waals surface area contributed by atoms with Crippen molar-refractivity contribution in [3.63, 3.8) is 0 Å². The molecule has 1 aliphatic carbocycles. The molecule has 0 bridgehead atoms. The monoisotopic (exact) mass is 331 g/mol. The zero-order valence-corrected chi connectivity index (χ0v) is 13.8. The summed E-state index contributed by atoms with van der Waals surface area (Å²) in [5, 5.41) is 9.71. The number of aryl methyl sites for hydroxylation is 1. The number of halogens is 1. The molecule has 1 aromatic heterocycles. The van der Waals surface area contributed by atoms with Gasteiger partial charge >= 0.3 is 5.97 Å². The molecule has 5 nitrogen and oxygen atoms in total. The van der Waals surface area contributed by atoms with Gasteiger partial charge in [0.15, 0.2) is 0 Å². The Morgan fingerprint density at radius 1 is 1.50 bits per heavy atom. The van der Waals surface area contributed by atoms with Gasteiger partial charge in [-0.1, -0.05) is 6.42 Å². The van der Waals surface area contributed by atoms with Crippen LogP contribution in [0.3, 0.4) is 0 Å². The molecular weight excluding hydrogens is 309 g/mol. The number of likely N-dealkylation sites (tertiary alicyclic amines) is 1. The number of benzene rings is 1. The van der Waals surface area contributed by atoms with Gasteiger partial charge in [0.2, 0.25) is 0 Å². The van der Waals surface area contributed by atoms with Crippen LogP contribution >= 0.6 is 0 Å². The van der Waals surface area contributed by atoms with Crippen molar-refractivity contribution in [2.24, 2.45) is 11.3 Å². The Hall–Kier alpha value is -1.95. The number of fused-ring (bicyclic) bond motifs is 2. The van der Waals surface area contributed by atoms with E-state index in [-0.39, 0.29) is 11.7 Å². The maximum atomic E-state index is 13.5. The van der Waals surface area contributed by atoms with Crippen LogP contribution in [0.1, 0.15) is 32.0 Å². The van der Waals surface area contributed by atoms with E-state index >= 15 is 0 Å². The van der Waals surface area contributed by atoms with Gasteiger partial charge in [-0.25, -0.2) is 9.37 Å². The molecule has 2 aliphatic rings. The molecule has 1 saturated carbocycles. The average Bonchev–Trinajstić information content (AvgIpc) is 3.17. The number of aromatic nitrogens is 2. The number of nitrogens with zero attached hydrogens (tertiary/aromatic N) is 3. The number of rotatable bonds is 4. The molecule has 1 N–H and O–H groups in total. The number of carbonyl (C=O) groups is 1. The van der Waals surface area contributed by atoms with Crippen molar-refractivity contribution in [2.75, 3.05) is 13.1 Å². The number of hydrogen-bond donors (Lipinski definition) is 1. The topological polar surface area (TPSA) is 58.4 Å². The van der Waals surface area contributed by atoms with Crippen LogP contribution in [0.15, 0.2) is 18.2 Å². The van der Waals surface area contributed by atoms with E-state index in [1.807, 2.05) is 6.92 Å². The molecule has 0 amide bonds. The van der Waals surface area contributed by atoms with E-state index in [1.54, 1.807) is 6.07 Å². The molecular formula is C18H22FN3O2. The van der Waals surface area contributed by atoms with Crippen LogP contribution in [0.2, 0.25) is 0 Å². The molecule has 1 saturated heterocycles. The lowest BCUT2D eigenvalue weighted by atomic mass is 9.81. The van der Waals surface area contributed by atoms with E-state index in [1.165, 1.54) is 12.1 Å².